The molecule has 0 saturated heterocycles. The zero-order valence-electron chi connectivity index (χ0n) is 15.9. The monoisotopic (exact) mass is 382 g/mol. The number of fused-ring (bicyclic) bond motifs is 1. The standard InChI is InChI=1S/C24H22N4O/c25-24(26)21-10-11-22-20(14-21)12-13-28(22)16-23(29)27-15-17-6-8-19(9-7-17)18-4-2-1-3-5-18/h1-14H,15-16H2,(H3,25,26)(H,27,29). The van der Waals surface area contributed by atoms with Gasteiger partial charge in [0.15, 0.2) is 0 Å². The lowest BCUT2D eigenvalue weighted by atomic mass is 10.0. The van der Waals surface area contributed by atoms with Crippen LogP contribution >= 0.6 is 0 Å². The maximum atomic E-state index is 12.4. The van der Waals surface area contributed by atoms with Crippen LogP contribution in [0.3, 0.4) is 0 Å². The second kappa shape index (κ2) is 8.02. The Hall–Kier alpha value is -3.86. The van der Waals surface area contributed by atoms with Gasteiger partial charge in [0.25, 0.3) is 0 Å². The predicted octanol–water partition coefficient (Wildman–Crippen LogP) is 3.91. The Morgan fingerprint density at radius 1 is 0.931 bits per heavy atom. The molecule has 0 saturated carbocycles. The molecule has 0 radical (unpaired) electrons. The van der Waals surface area contributed by atoms with E-state index in [1.807, 2.05) is 59.3 Å². The lowest BCUT2D eigenvalue weighted by Gasteiger charge is -2.09. The molecule has 0 atom stereocenters. The molecule has 0 fully saturated rings. The molecule has 3 aromatic carbocycles. The van der Waals surface area contributed by atoms with Crippen LogP contribution in [0.5, 0.6) is 0 Å². The third-order valence-corrected chi connectivity index (χ3v) is 4.95. The second-order valence-electron chi connectivity index (χ2n) is 6.97. The molecule has 0 aliphatic heterocycles. The van der Waals surface area contributed by atoms with Crippen LogP contribution in [-0.2, 0) is 17.9 Å². The molecule has 4 aromatic rings. The van der Waals surface area contributed by atoms with Gasteiger partial charge in [0.2, 0.25) is 5.91 Å². The highest BCUT2D eigenvalue weighted by Gasteiger charge is 2.08. The molecule has 4 N–H and O–H groups in total. The normalized spacial score (nSPS) is 10.8. The van der Waals surface area contributed by atoms with Gasteiger partial charge in [-0.2, -0.15) is 0 Å². The number of amides is 1. The number of amidine groups is 1. The van der Waals surface area contributed by atoms with Crippen molar-refractivity contribution in [2.75, 3.05) is 0 Å². The van der Waals surface area contributed by atoms with Gasteiger partial charge in [-0.1, -0.05) is 54.6 Å². The summed E-state index contributed by atoms with van der Waals surface area (Å²) in [5.41, 5.74) is 10.6. The fourth-order valence-corrected chi connectivity index (χ4v) is 3.36. The number of aromatic nitrogens is 1. The van der Waals surface area contributed by atoms with Crippen LogP contribution in [0.4, 0.5) is 0 Å². The number of nitrogens with two attached hydrogens (primary N) is 1. The first-order chi connectivity index (χ1) is 14.1. The molecule has 0 unspecified atom stereocenters. The van der Waals surface area contributed by atoms with Crippen molar-refractivity contribution in [3.05, 3.63) is 96.2 Å². The zero-order chi connectivity index (χ0) is 20.2. The van der Waals surface area contributed by atoms with E-state index in [9.17, 15) is 4.79 Å². The number of hydrogen-bond acceptors (Lipinski definition) is 2. The summed E-state index contributed by atoms with van der Waals surface area (Å²) < 4.78 is 1.90. The van der Waals surface area contributed by atoms with Gasteiger partial charge in [-0.05, 0) is 41.0 Å². The van der Waals surface area contributed by atoms with E-state index in [4.69, 9.17) is 11.1 Å². The Labute approximate surface area is 169 Å². The maximum Gasteiger partial charge on any atom is 0.240 e. The Balaban J connectivity index is 1.38. The van der Waals surface area contributed by atoms with E-state index in [0.29, 0.717) is 12.1 Å². The number of benzene rings is 3. The van der Waals surface area contributed by atoms with Crippen LogP contribution < -0.4 is 11.1 Å². The topological polar surface area (TPSA) is 83.9 Å². The summed E-state index contributed by atoms with van der Waals surface area (Å²) in [5.74, 6) is -0.0130. The molecule has 0 aliphatic carbocycles. The van der Waals surface area contributed by atoms with Crippen LogP contribution in [0.2, 0.25) is 0 Å². The molecule has 5 nitrogen and oxygen atoms in total. The molecule has 1 heterocycles. The van der Waals surface area contributed by atoms with Crippen molar-refractivity contribution in [2.24, 2.45) is 5.73 Å². The van der Waals surface area contributed by atoms with Gasteiger partial charge in [-0.25, -0.2) is 0 Å². The smallest absolute Gasteiger partial charge is 0.240 e. The van der Waals surface area contributed by atoms with Crippen molar-refractivity contribution in [1.82, 2.24) is 9.88 Å². The van der Waals surface area contributed by atoms with E-state index in [2.05, 4.69) is 29.6 Å². The zero-order valence-corrected chi connectivity index (χ0v) is 15.9. The molecular weight excluding hydrogens is 360 g/mol. The molecule has 0 spiro atoms. The summed E-state index contributed by atoms with van der Waals surface area (Å²) in [6.45, 7) is 0.729. The van der Waals surface area contributed by atoms with Gasteiger partial charge < -0.3 is 15.6 Å². The van der Waals surface area contributed by atoms with E-state index >= 15 is 0 Å². The number of carbonyl (C=O) groups excluding carboxylic acids is 1. The Morgan fingerprint density at radius 2 is 1.66 bits per heavy atom. The number of rotatable bonds is 6. The molecule has 1 amide bonds. The average Bonchev–Trinajstić information content (AvgIpc) is 3.15. The van der Waals surface area contributed by atoms with Gasteiger partial charge in [0.1, 0.15) is 12.4 Å². The summed E-state index contributed by atoms with van der Waals surface area (Å²) >= 11 is 0. The first kappa shape index (κ1) is 18.5. The van der Waals surface area contributed by atoms with Crippen LogP contribution in [0.1, 0.15) is 11.1 Å². The van der Waals surface area contributed by atoms with Crippen LogP contribution in [0, 0.1) is 5.41 Å². The predicted molar refractivity (Wildman–Crippen MR) is 117 cm³/mol. The van der Waals surface area contributed by atoms with Crippen molar-refractivity contribution < 1.29 is 4.79 Å². The summed E-state index contributed by atoms with van der Waals surface area (Å²) in [7, 11) is 0. The molecule has 5 heteroatoms. The van der Waals surface area contributed by atoms with Gasteiger partial charge in [0, 0.05) is 29.2 Å². The third kappa shape index (κ3) is 4.19. The Morgan fingerprint density at radius 3 is 2.38 bits per heavy atom. The van der Waals surface area contributed by atoms with Crippen LogP contribution in [0.25, 0.3) is 22.0 Å². The number of nitrogens with one attached hydrogen (secondary N) is 2. The minimum Gasteiger partial charge on any atom is -0.384 e. The van der Waals surface area contributed by atoms with Crippen molar-refractivity contribution in [3.63, 3.8) is 0 Å². The van der Waals surface area contributed by atoms with E-state index in [1.165, 1.54) is 5.56 Å². The highest BCUT2D eigenvalue weighted by Crippen LogP contribution is 2.19. The van der Waals surface area contributed by atoms with Gasteiger partial charge in [-0.3, -0.25) is 10.2 Å². The van der Waals surface area contributed by atoms with E-state index in [1.54, 1.807) is 6.07 Å². The molecule has 4 rings (SSSR count). The molecular formula is C24H22N4O. The number of nitrogens with zero attached hydrogens (tertiary/aromatic N) is 1. The van der Waals surface area contributed by atoms with E-state index in [-0.39, 0.29) is 18.3 Å². The number of carbonyl (C=O) groups is 1. The van der Waals surface area contributed by atoms with Gasteiger partial charge >= 0.3 is 0 Å². The van der Waals surface area contributed by atoms with Crippen molar-refractivity contribution >= 4 is 22.6 Å². The highest BCUT2D eigenvalue weighted by molar-refractivity contribution is 5.98. The highest BCUT2D eigenvalue weighted by atomic mass is 16.1. The van der Waals surface area contributed by atoms with Crippen molar-refractivity contribution in [1.29, 1.82) is 5.41 Å². The molecule has 0 bridgehead atoms. The van der Waals surface area contributed by atoms with Crippen molar-refractivity contribution in [3.8, 4) is 11.1 Å². The Bertz CT molecular complexity index is 1160. The van der Waals surface area contributed by atoms with Crippen LogP contribution in [-0.4, -0.2) is 16.3 Å². The molecule has 1 aromatic heterocycles. The molecule has 29 heavy (non-hydrogen) atoms. The number of nitrogen functional groups attached to an aromatic ring is 1. The lowest BCUT2D eigenvalue weighted by Crippen LogP contribution is -2.26. The Kier molecular flexibility index (Phi) is 5.12. The fourth-order valence-electron chi connectivity index (χ4n) is 3.36. The lowest BCUT2D eigenvalue weighted by molar-refractivity contribution is -0.121. The minimum absolute atomic E-state index is 0.0377. The van der Waals surface area contributed by atoms with E-state index in [0.717, 1.165) is 22.0 Å². The quantitative estimate of drug-likeness (QED) is 0.349. The largest absolute Gasteiger partial charge is 0.384 e. The summed E-state index contributed by atoms with van der Waals surface area (Å²) in [4.78, 5) is 12.4. The average molecular weight is 382 g/mol. The first-order valence-corrected chi connectivity index (χ1v) is 9.44. The van der Waals surface area contributed by atoms with Gasteiger partial charge in [-0.15, -0.1) is 0 Å². The first-order valence-electron chi connectivity index (χ1n) is 9.44. The summed E-state index contributed by atoms with van der Waals surface area (Å²) in [5, 5.41) is 11.5. The maximum absolute atomic E-state index is 12.4. The summed E-state index contributed by atoms with van der Waals surface area (Å²) in [6, 6.07) is 25.9. The van der Waals surface area contributed by atoms with E-state index < -0.39 is 0 Å². The minimum atomic E-state index is -0.0507. The van der Waals surface area contributed by atoms with Gasteiger partial charge in [0.05, 0.1) is 0 Å². The SMILES string of the molecule is N=C(N)c1ccc2c(ccn2CC(=O)NCc2ccc(-c3ccccc3)cc2)c1. The third-order valence-electron chi connectivity index (χ3n) is 4.95. The molecule has 0 aliphatic rings. The van der Waals surface area contributed by atoms with Crippen LogP contribution in [0.15, 0.2) is 85.1 Å². The summed E-state index contributed by atoms with van der Waals surface area (Å²) in [6.07, 6.45) is 1.88. The number of hydrogen-bond donors (Lipinski definition) is 3. The fraction of sp³-hybridized carbons (Fsp3) is 0.0833. The van der Waals surface area contributed by atoms with Crippen molar-refractivity contribution in [2.45, 2.75) is 13.1 Å². The second-order valence-corrected chi connectivity index (χ2v) is 6.97. The molecule has 144 valence electrons.